The summed E-state index contributed by atoms with van der Waals surface area (Å²) in [5.74, 6) is -0.0873. The van der Waals surface area contributed by atoms with E-state index < -0.39 is 22.7 Å². The zero-order valence-corrected chi connectivity index (χ0v) is 14.9. The van der Waals surface area contributed by atoms with E-state index in [1.807, 2.05) is 12.2 Å². The van der Waals surface area contributed by atoms with Crippen molar-refractivity contribution < 1.29 is 22.8 Å². The number of anilines is 1. The summed E-state index contributed by atoms with van der Waals surface area (Å²) >= 11 is 0. The normalized spacial score (nSPS) is 22.9. The minimum Gasteiger partial charge on any atom is -0.490 e. The lowest BCUT2D eigenvalue weighted by atomic mass is 9.76. The van der Waals surface area contributed by atoms with Crippen molar-refractivity contribution in [1.29, 1.82) is 0 Å². The van der Waals surface area contributed by atoms with Gasteiger partial charge in [0.15, 0.2) is 5.75 Å². The highest BCUT2D eigenvalue weighted by Gasteiger charge is 2.43. The number of fused-ring (bicyclic) bond motifs is 3. The molecule has 3 atom stereocenters. The van der Waals surface area contributed by atoms with Gasteiger partial charge in [0.05, 0.1) is 29.3 Å². The number of nitrogens with zero attached hydrogens (tertiary/aromatic N) is 1. The van der Waals surface area contributed by atoms with E-state index in [0.29, 0.717) is 17.5 Å². The molecule has 2 aliphatic rings. The summed E-state index contributed by atoms with van der Waals surface area (Å²) in [5.41, 5.74) is 0.281. The van der Waals surface area contributed by atoms with Crippen LogP contribution in [0.5, 0.6) is 5.75 Å². The molecule has 0 bridgehead atoms. The van der Waals surface area contributed by atoms with Crippen molar-refractivity contribution in [2.45, 2.75) is 24.6 Å². The quantitative estimate of drug-likeness (QED) is 0.430. The molecule has 0 unspecified atom stereocenters. The number of nitro groups is 1. The van der Waals surface area contributed by atoms with E-state index in [0.717, 1.165) is 6.07 Å². The Kier molecular flexibility index (Phi) is 4.28. The summed E-state index contributed by atoms with van der Waals surface area (Å²) in [6.45, 7) is 0. The lowest BCUT2D eigenvalue weighted by Gasteiger charge is -2.38. The van der Waals surface area contributed by atoms with Crippen molar-refractivity contribution in [3.8, 4) is 5.75 Å². The van der Waals surface area contributed by atoms with Crippen molar-refractivity contribution in [3.63, 3.8) is 0 Å². The van der Waals surface area contributed by atoms with E-state index in [-0.39, 0.29) is 29.0 Å². The number of nitrogens with one attached hydrogen (secondary N) is 1. The Morgan fingerprint density at radius 2 is 2.04 bits per heavy atom. The van der Waals surface area contributed by atoms with Crippen LogP contribution in [0.15, 0.2) is 48.6 Å². The number of methoxy groups -OCH3 is 1. The molecule has 0 saturated carbocycles. The van der Waals surface area contributed by atoms with Crippen LogP contribution in [0.25, 0.3) is 0 Å². The van der Waals surface area contributed by atoms with E-state index in [1.54, 1.807) is 12.1 Å². The Balaban J connectivity index is 1.83. The fourth-order valence-corrected chi connectivity index (χ4v) is 4.23. The molecule has 1 N–H and O–H groups in total. The van der Waals surface area contributed by atoms with Gasteiger partial charge in [0.25, 0.3) is 0 Å². The van der Waals surface area contributed by atoms with Gasteiger partial charge >= 0.3 is 11.9 Å². The molecule has 1 aliphatic carbocycles. The lowest BCUT2D eigenvalue weighted by Crippen LogP contribution is -2.30. The Labute approximate surface area is 159 Å². The van der Waals surface area contributed by atoms with Gasteiger partial charge in [-0.2, -0.15) is 13.2 Å². The molecule has 1 heterocycles. The van der Waals surface area contributed by atoms with Gasteiger partial charge in [-0.15, -0.1) is 0 Å². The highest BCUT2D eigenvalue weighted by atomic mass is 19.4. The van der Waals surface area contributed by atoms with Crippen molar-refractivity contribution in [1.82, 2.24) is 0 Å². The van der Waals surface area contributed by atoms with Crippen LogP contribution in [0, 0.1) is 16.0 Å². The number of hydrogen-bond donors (Lipinski definition) is 1. The van der Waals surface area contributed by atoms with Crippen molar-refractivity contribution in [3.05, 3.63) is 75.4 Å². The van der Waals surface area contributed by atoms with E-state index in [1.165, 1.54) is 25.3 Å². The van der Waals surface area contributed by atoms with E-state index >= 15 is 0 Å². The molecular weight excluding hydrogens is 373 g/mol. The van der Waals surface area contributed by atoms with Crippen molar-refractivity contribution >= 4 is 11.4 Å². The van der Waals surface area contributed by atoms with Crippen LogP contribution >= 0.6 is 0 Å². The number of alkyl halides is 3. The van der Waals surface area contributed by atoms with Gasteiger partial charge < -0.3 is 10.1 Å². The number of nitro benzene ring substituents is 1. The molecule has 28 heavy (non-hydrogen) atoms. The SMILES string of the molecule is COc1ccc([C@@H]2Nc3c(cccc3C(F)(F)F)[C@H]3C=CC[C@@H]32)cc1[N+](=O)[O-]. The number of rotatable bonds is 3. The van der Waals surface area contributed by atoms with Gasteiger partial charge in [-0.05, 0) is 35.6 Å². The highest BCUT2D eigenvalue weighted by molar-refractivity contribution is 5.65. The molecule has 5 nitrogen and oxygen atoms in total. The minimum atomic E-state index is -4.50. The lowest BCUT2D eigenvalue weighted by molar-refractivity contribution is -0.385. The van der Waals surface area contributed by atoms with Crippen LogP contribution in [0.1, 0.15) is 35.1 Å². The first-order valence-electron chi connectivity index (χ1n) is 8.77. The van der Waals surface area contributed by atoms with Crippen LogP contribution in [-0.2, 0) is 6.18 Å². The maximum Gasteiger partial charge on any atom is 0.418 e. The molecule has 8 heteroatoms. The van der Waals surface area contributed by atoms with Gasteiger partial charge in [-0.25, -0.2) is 0 Å². The summed E-state index contributed by atoms with van der Waals surface area (Å²) in [4.78, 5) is 10.8. The van der Waals surface area contributed by atoms with Crippen LogP contribution in [0.3, 0.4) is 0 Å². The second-order valence-corrected chi connectivity index (χ2v) is 6.93. The number of benzene rings is 2. The standard InChI is InChI=1S/C20H17F3N2O3/c1-28-17-9-8-11(10-16(17)25(26)27)18-13-5-2-4-12(13)14-6-3-7-15(19(14)24-18)20(21,22)23/h2-4,6-10,12-13,18,24H,5H2,1H3/t12-,13-,18-/m0/s1. The molecule has 0 amide bonds. The summed E-state index contributed by atoms with van der Waals surface area (Å²) < 4.78 is 45.7. The van der Waals surface area contributed by atoms with Crippen LogP contribution in [-0.4, -0.2) is 12.0 Å². The first kappa shape index (κ1) is 18.3. The average molecular weight is 390 g/mol. The van der Waals surface area contributed by atoms with E-state index in [9.17, 15) is 23.3 Å². The Morgan fingerprint density at radius 1 is 1.25 bits per heavy atom. The smallest absolute Gasteiger partial charge is 0.418 e. The zero-order chi connectivity index (χ0) is 20.1. The summed E-state index contributed by atoms with van der Waals surface area (Å²) in [5, 5.41) is 14.4. The molecule has 146 valence electrons. The summed E-state index contributed by atoms with van der Waals surface area (Å²) in [7, 11) is 1.34. The third kappa shape index (κ3) is 2.89. The molecule has 1 aliphatic heterocycles. The number of para-hydroxylation sites is 1. The number of halogens is 3. The largest absolute Gasteiger partial charge is 0.490 e. The van der Waals surface area contributed by atoms with E-state index in [2.05, 4.69) is 5.32 Å². The maximum atomic E-state index is 13.6. The Hall–Kier alpha value is -3.03. The number of hydrogen-bond acceptors (Lipinski definition) is 4. The fraction of sp³-hybridized carbons (Fsp3) is 0.300. The number of ether oxygens (including phenoxy) is 1. The maximum absolute atomic E-state index is 13.6. The molecular formula is C20H17F3N2O3. The molecule has 4 rings (SSSR count). The third-order valence-electron chi connectivity index (χ3n) is 5.46. The molecule has 0 aromatic heterocycles. The van der Waals surface area contributed by atoms with Gasteiger partial charge in [0.2, 0.25) is 0 Å². The topological polar surface area (TPSA) is 64.4 Å². The van der Waals surface area contributed by atoms with Gasteiger partial charge in [-0.1, -0.05) is 30.4 Å². The summed E-state index contributed by atoms with van der Waals surface area (Å²) in [6, 6.07) is 8.23. The van der Waals surface area contributed by atoms with Crippen LogP contribution < -0.4 is 10.1 Å². The first-order valence-corrected chi connectivity index (χ1v) is 8.77. The molecule has 0 saturated heterocycles. The van der Waals surface area contributed by atoms with E-state index in [4.69, 9.17) is 4.74 Å². The predicted octanol–water partition coefficient (Wildman–Crippen LogP) is 5.45. The minimum absolute atomic E-state index is 0.0241. The molecule has 2 aromatic carbocycles. The average Bonchev–Trinajstić information content (AvgIpc) is 3.15. The summed E-state index contributed by atoms with van der Waals surface area (Å²) in [6.07, 6.45) is 0.0640. The monoisotopic (exact) mass is 390 g/mol. The number of allylic oxidation sites excluding steroid dienone is 2. The predicted molar refractivity (Wildman–Crippen MR) is 97.4 cm³/mol. The van der Waals surface area contributed by atoms with Gasteiger partial charge in [0, 0.05) is 12.0 Å². The van der Waals surface area contributed by atoms with Crippen molar-refractivity contribution in [2.24, 2.45) is 5.92 Å². The highest BCUT2D eigenvalue weighted by Crippen LogP contribution is 2.53. The molecule has 0 fully saturated rings. The molecule has 2 aromatic rings. The molecule has 0 spiro atoms. The fourth-order valence-electron chi connectivity index (χ4n) is 4.23. The van der Waals surface area contributed by atoms with Gasteiger partial charge in [0.1, 0.15) is 0 Å². The van der Waals surface area contributed by atoms with Crippen LogP contribution in [0.4, 0.5) is 24.5 Å². The van der Waals surface area contributed by atoms with Crippen molar-refractivity contribution in [2.75, 3.05) is 12.4 Å². The van der Waals surface area contributed by atoms with Gasteiger partial charge in [-0.3, -0.25) is 10.1 Å². The molecule has 0 radical (unpaired) electrons. The first-order chi connectivity index (χ1) is 13.3. The second-order valence-electron chi connectivity index (χ2n) is 6.93. The Morgan fingerprint density at radius 3 is 2.71 bits per heavy atom. The Bertz CT molecular complexity index is 972. The third-order valence-corrected chi connectivity index (χ3v) is 5.46. The zero-order valence-electron chi connectivity index (χ0n) is 14.9. The van der Waals surface area contributed by atoms with Crippen LogP contribution in [0.2, 0.25) is 0 Å². The second kappa shape index (κ2) is 6.54.